The van der Waals surface area contributed by atoms with Crippen molar-refractivity contribution in [2.75, 3.05) is 0 Å². The number of carbonyl (C=O) groups is 1. The van der Waals surface area contributed by atoms with Crippen molar-refractivity contribution in [3.63, 3.8) is 0 Å². The Kier molecular flexibility index (Phi) is 7.88. The topological polar surface area (TPSA) is 41.5 Å². The molecule has 0 spiro atoms. The van der Waals surface area contributed by atoms with Crippen LogP contribution in [-0.2, 0) is 4.79 Å². The van der Waals surface area contributed by atoms with E-state index < -0.39 is 5.82 Å². The van der Waals surface area contributed by atoms with Gasteiger partial charge in [0, 0.05) is 12.0 Å². The first-order chi connectivity index (χ1) is 9.65. The van der Waals surface area contributed by atoms with Gasteiger partial charge in [-0.2, -0.15) is 5.10 Å². The van der Waals surface area contributed by atoms with Crippen molar-refractivity contribution in [1.29, 1.82) is 0 Å². The van der Waals surface area contributed by atoms with E-state index in [-0.39, 0.29) is 16.5 Å². The van der Waals surface area contributed by atoms with E-state index in [1.54, 1.807) is 6.07 Å². The number of nitrogens with one attached hydrogen (secondary N) is 1. The minimum absolute atomic E-state index is 0.162. The van der Waals surface area contributed by atoms with E-state index in [1.807, 2.05) is 0 Å². The molecule has 0 radical (unpaired) electrons. The summed E-state index contributed by atoms with van der Waals surface area (Å²) in [5.41, 5.74) is 2.56. The Hall–Kier alpha value is -1.42. The number of hydrogen-bond donors (Lipinski definition) is 1. The zero-order chi connectivity index (χ0) is 14.8. The van der Waals surface area contributed by atoms with Gasteiger partial charge in [0.2, 0.25) is 5.91 Å². The van der Waals surface area contributed by atoms with E-state index in [0.29, 0.717) is 6.42 Å². The molecule has 0 fully saturated rings. The van der Waals surface area contributed by atoms with Gasteiger partial charge in [0.05, 0.1) is 11.2 Å². The van der Waals surface area contributed by atoms with E-state index in [9.17, 15) is 9.18 Å². The first-order valence-corrected chi connectivity index (χ1v) is 7.29. The van der Waals surface area contributed by atoms with Crippen LogP contribution in [-0.4, -0.2) is 12.1 Å². The Morgan fingerprint density at radius 2 is 2.10 bits per heavy atom. The highest BCUT2D eigenvalue weighted by atomic mass is 35.5. The molecule has 0 aliphatic carbocycles. The van der Waals surface area contributed by atoms with Crippen LogP contribution >= 0.6 is 11.6 Å². The molecule has 3 nitrogen and oxygen atoms in total. The lowest BCUT2D eigenvalue weighted by molar-refractivity contribution is -0.121. The van der Waals surface area contributed by atoms with Crippen molar-refractivity contribution in [1.82, 2.24) is 5.43 Å². The summed E-state index contributed by atoms with van der Waals surface area (Å²) < 4.78 is 13.4. The van der Waals surface area contributed by atoms with E-state index in [0.717, 1.165) is 19.3 Å². The van der Waals surface area contributed by atoms with Crippen molar-refractivity contribution in [2.45, 2.75) is 45.4 Å². The van der Waals surface area contributed by atoms with Gasteiger partial charge in [0.25, 0.3) is 0 Å². The molecule has 0 aliphatic rings. The number of carbonyl (C=O) groups excluding carboxylic acids is 1. The Morgan fingerprint density at radius 1 is 1.35 bits per heavy atom. The highest BCUT2D eigenvalue weighted by molar-refractivity contribution is 6.33. The molecular weight excluding hydrogens is 279 g/mol. The van der Waals surface area contributed by atoms with Crippen LogP contribution in [0.15, 0.2) is 23.3 Å². The van der Waals surface area contributed by atoms with Crippen LogP contribution in [0.3, 0.4) is 0 Å². The fourth-order valence-electron chi connectivity index (χ4n) is 1.75. The van der Waals surface area contributed by atoms with Gasteiger partial charge in [0.1, 0.15) is 5.82 Å². The Bertz CT molecular complexity index is 443. The molecule has 20 heavy (non-hydrogen) atoms. The van der Waals surface area contributed by atoms with Crippen molar-refractivity contribution in [2.24, 2.45) is 5.10 Å². The summed E-state index contributed by atoms with van der Waals surface area (Å²) in [6.45, 7) is 2.15. The van der Waals surface area contributed by atoms with Crippen molar-refractivity contribution in [3.05, 3.63) is 34.6 Å². The fraction of sp³-hybridized carbons (Fsp3) is 0.467. The maximum atomic E-state index is 13.4. The Balaban J connectivity index is 2.32. The highest BCUT2D eigenvalue weighted by Crippen LogP contribution is 2.16. The van der Waals surface area contributed by atoms with Crippen LogP contribution in [0.2, 0.25) is 5.02 Å². The molecule has 0 heterocycles. The number of hydrazone groups is 1. The molecule has 0 bridgehead atoms. The lowest BCUT2D eigenvalue weighted by Gasteiger charge is -2.01. The minimum atomic E-state index is -0.463. The number of nitrogens with zero attached hydrogens (tertiary/aromatic N) is 1. The number of halogens is 2. The van der Waals surface area contributed by atoms with Gasteiger partial charge in [-0.1, -0.05) is 50.3 Å². The Labute approximate surface area is 124 Å². The molecule has 0 aliphatic heterocycles. The molecule has 1 N–H and O–H groups in total. The summed E-state index contributed by atoms with van der Waals surface area (Å²) in [5, 5.41) is 4.00. The normalized spacial score (nSPS) is 10.9. The molecule has 1 rings (SSSR count). The van der Waals surface area contributed by atoms with E-state index >= 15 is 0 Å². The predicted octanol–water partition coefficient (Wildman–Crippen LogP) is 4.29. The lowest BCUT2D eigenvalue weighted by atomic mass is 10.1. The van der Waals surface area contributed by atoms with Gasteiger partial charge < -0.3 is 0 Å². The maximum absolute atomic E-state index is 13.4. The van der Waals surface area contributed by atoms with Gasteiger partial charge >= 0.3 is 0 Å². The van der Waals surface area contributed by atoms with Crippen LogP contribution in [0.25, 0.3) is 0 Å². The van der Waals surface area contributed by atoms with Crippen LogP contribution in [0.4, 0.5) is 4.39 Å². The van der Waals surface area contributed by atoms with Gasteiger partial charge in [-0.3, -0.25) is 4.79 Å². The summed E-state index contributed by atoms with van der Waals surface area (Å²) in [4.78, 5) is 11.5. The largest absolute Gasteiger partial charge is 0.273 e. The smallest absolute Gasteiger partial charge is 0.240 e. The van der Waals surface area contributed by atoms with E-state index in [2.05, 4.69) is 17.5 Å². The molecular formula is C15H20ClFN2O. The number of unbranched alkanes of at least 4 members (excludes halogenated alkanes) is 4. The summed E-state index contributed by atoms with van der Waals surface area (Å²) in [6, 6.07) is 4.38. The molecule has 1 aromatic rings. The SMILES string of the molecule is CCCCCCCC(=O)NN=Cc1c(F)cccc1Cl. The van der Waals surface area contributed by atoms with Gasteiger partial charge in [0.15, 0.2) is 0 Å². The molecule has 1 aromatic carbocycles. The maximum Gasteiger partial charge on any atom is 0.240 e. The van der Waals surface area contributed by atoms with Crippen molar-refractivity contribution in [3.8, 4) is 0 Å². The van der Waals surface area contributed by atoms with Gasteiger partial charge in [-0.25, -0.2) is 9.82 Å². The minimum Gasteiger partial charge on any atom is -0.273 e. The summed E-state index contributed by atoms with van der Waals surface area (Å²) in [7, 11) is 0. The number of rotatable bonds is 8. The van der Waals surface area contributed by atoms with Crippen molar-refractivity contribution >= 4 is 23.7 Å². The molecule has 110 valence electrons. The first kappa shape index (κ1) is 16.6. The second kappa shape index (κ2) is 9.48. The second-order valence-corrected chi connectivity index (χ2v) is 5.00. The Morgan fingerprint density at radius 3 is 2.80 bits per heavy atom. The number of hydrogen-bond acceptors (Lipinski definition) is 2. The van der Waals surface area contributed by atoms with Crippen LogP contribution < -0.4 is 5.43 Å². The molecule has 0 saturated carbocycles. The number of benzene rings is 1. The third kappa shape index (κ3) is 6.15. The van der Waals surface area contributed by atoms with Crippen LogP contribution in [0.5, 0.6) is 0 Å². The molecule has 0 unspecified atom stereocenters. The first-order valence-electron chi connectivity index (χ1n) is 6.91. The fourth-order valence-corrected chi connectivity index (χ4v) is 1.96. The lowest BCUT2D eigenvalue weighted by Crippen LogP contribution is -2.17. The summed E-state index contributed by atoms with van der Waals surface area (Å²) >= 11 is 5.83. The summed E-state index contributed by atoms with van der Waals surface area (Å²) in [5.74, 6) is -0.625. The van der Waals surface area contributed by atoms with Gasteiger partial charge in [-0.15, -0.1) is 0 Å². The van der Waals surface area contributed by atoms with Gasteiger partial charge in [-0.05, 0) is 18.6 Å². The summed E-state index contributed by atoms with van der Waals surface area (Å²) in [6.07, 6.45) is 7.09. The molecule has 0 atom stereocenters. The quantitative estimate of drug-likeness (QED) is 0.434. The zero-order valence-corrected chi connectivity index (χ0v) is 12.4. The van der Waals surface area contributed by atoms with Crippen LogP contribution in [0, 0.1) is 5.82 Å². The van der Waals surface area contributed by atoms with E-state index in [1.165, 1.54) is 31.2 Å². The average molecular weight is 299 g/mol. The highest BCUT2D eigenvalue weighted by Gasteiger charge is 2.04. The predicted molar refractivity (Wildman–Crippen MR) is 80.5 cm³/mol. The average Bonchev–Trinajstić information content (AvgIpc) is 2.42. The third-order valence-electron chi connectivity index (χ3n) is 2.89. The zero-order valence-electron chi connectivity index (χ0n) is 11.7. The standard InChI is InChI=1S/C15H20ClFN2O/c1-2-3-4-5-6-10-15(20)19-18-11-12-13(16)8-7-9-14(12)17/h7-9,11H,2-6,10H2,1H3,(H,19,20). The molecule has 5 heteroatoms. The molecule has 0 aromatic heterocycles. The second-order valence-electron chi connectivity index (χ2n) is 4.59. The van der Waals surface area contributed by atoms with Crippen LogP contribution in [0.1, 0.15) is 51.0 Å². The third-order valence-corrected chi connectivity index (χ3v) is 3.22. The van der Waals surface area contributed by atoms with Crippen molar-refractivity contribution < 1.29 is 9.18 Å². The monoisotopic (exact) mass is 298 g/mol. The van der Waals surface area contributed by atoms with E-state index in [4.69, 9.17) is 11.6 Å². The number of amides is 1. The molecule has 1 amide bonds. The molecule has 0 saturated heterocycles.